The number of thiocarbonyl (C=S) groups is 1. The summed E-state index contributed by atoms with van der Waals surface area (Å²) in [5.74, 6) is 0. The van der Waals surface area contributed by atoms with Crippen molar-refractivity contribution in [3.63, 3.8) is 0 Å². The van der Waals surface area contributed by atoms with Gasteiger partial charge in [-0.3, -0.25) is 21.0 Å². The number of primary sulfonamides is 1. The zero-order chi connectivity index (χ0) is 17.7. The van der Waals surface area contributed by atoms with Crippen LogP contribution in [-0.2, 0) is 10.0 Å². The third kappa shape index (κ3) is 5.01. The van der Waals surface area contributed by atoms with Crippen LogP contribution in [0.15, 0.2) is 23.1 Å². The van der Waals surface area contributed by atoms with Crippen LogP contribution in [-0.4, -0.2) is 24.5 Å². The van der Waals surface area contributed by atoms with E-state index in [0.29, 0.717) is 11.2 Å². The molecule has 132 valence electrons. The number of rotatable bonds is 5. The quantitative estimate of drug-likeness (QED) is 0.345. The second kappa shape index (κ2) is 7.73. The van der Waals surface area contributed by atoms with Crippen molar-refractivity contribution in [2.45, 2.75) is 43.0 Å². The number of hydrogen-bond acceptors (Lipinski definition) is 6. The molecule has 0 radical (unpaired) electrons. The maximum atomic E-state index is 11.3. The fraction of sp³-hybridized carbons (Fsp3) is 0.462. The fourth-order valence-corrected chi connectivity index (χ4v) is 3.29. The summed E-state index contributed by atoms with van der Waals surface area (Å²) in [5.41, 5.74) is 4.98. The molecule has 24 heavy (non-hydrogen) atoms. The summed E-state index contributed by atoms with van der Waals surface area (Å²) in [7, 11) is -4.02. The van der Waals surface area contributed by atoms with E-state index in [9.17, 15) is 18.5 Å². The molecule has 0 saturated heterocycles. The monoisotopic (exact) mass is 373 g/mol. The van der Waals surface area contributed by atoms with Gasteiger partial charge in [-0.2, -0.15) is 0 Å². The molecule has 0 aliphatic heterocycles. The van der Waals surface area contributed by atoms with Crippen LogP contribution in [0.5, 0.6) is 0 Å². The Morgan fingerprint density at radius 1 is 1.29 bits per heavy atom. The second-order valence-corrected chi connectivity index (χ2v) is 7.51. The van der Waals surface area contributed by atoms with Gasteiger partial charge in [0.1, 0.15) is 5.69 Å². The first-order valence-electron chi connectivity index (χ1n) is 7.41. The molecule has 0 unspecified atom stereocenters. The molecular weight excluding hydrogens is 354 g/mol. The highest BCUT2D eigenvalue weighted by molar-refractivity contribution is 7.89. The summed E-state index contributed by atoms with van der Waals surface area (Å²) in [4.78, 5) is 10.1. The summed E-state index contributed by atoms with van der Waals surface area (Å²) >= 11 is 5.16. The first kappa shape index (κ1) is 18.4. The van der Waals surface area contributed by atoms with Crippen molar-refractivity contribution in [2.75, 3.05) is 5.43 Å². The van der Waals surface area contributed by atoms with Crippen molar-refractivity contribution in [3.8, 4) is 0 Å². The predicted molar refractivity (Wildman–Crippen MR) is 93.8 cm³/mol. The molecule has 0 heterocycles. The number of nitrogens with two attached hydrogens (primary N) is 1. The van der Waals surface area contributed by atoms with Crippen molar-refractivity contribution in [1.82, 2.24) is 10.7 Å². The minimum Gasteiger partial charge on any atom is -0.359 e. The molecule has 1 aromatic carbocycles. The molecule has 5 N–H and O–H groups in total. The Kier molecular flexibility index (Phi) is 5.91. The highest BCUT2D eigenvalue weighted by Gasteiger charge is 2.19. The lowest BCUT2D eigenvalue weighted by atomic mass is 9.96. The Morgan fingerprint density at radius 2 is 1.96 bits per heavy atom. The number of nitrogens with one attached hydrogen (secondary N) is 3. The van der Waals surface area contributed by atoms with Gasteiger partial charge >= 0.3 is 0 Å². The summed E-state index contributed by atoms with van der Waals surface area (Å²) < 4.78 is 22.6. The van der Waals surface area contributed by atoms with E-state index in [1.807, 2.05) is 0 Å². The zero-order valence-corrected chi connectivity index (χ0v) is 14.5. The molecule has 1 aliphatic carbocycles. The molecule has 1 fully saturated rings. The molecule has 0 spiro atoms. The number of benzene rings is 1. The fourth-order valence-electron chi connectivity index (χ4n) is 2.54. The molecule has 9 nitrogen and oxygen atoms in total. The molecule has 11 heteroatoms. The van der Waals surface area contributed by atoms with Crippen LogP contribution in [0.4, 0.5) is 11.4 Å². The largest absolute Gasteiger partial charge is 0.359 e. The lowest BCUT2D eigenvalue weighted by molar-refractivity contribution is -0.384. The minimum atomic E-state index is -4.02. The highest BCUT2D eigenvalue weighted by Crippen LogP contribution is 2.26. The Morgan fingerprint density at radius 3 is 2.54 bits per heavy atom. The summed E-state index contributed by atoms with van der Waals surface area (Å²) in [5, 5.41) is 19.6. The summed E-state index contributed by atoms with van der Waals surface area (Å²) in [6.07, 6.45) is 5.58. The number of nitro benzene ring substituents is 1. The van der Waals surface area contributed by atoms with E-state index in [1.165, 1.54) is 18.6 Å². The van der Waals surface area contributed by atoms with Crippen LogP contribution >= 0.6 is 12.2 Å². The maximum Gasteiger partial charge on any atom is 0.295 e. The van der Waals surface area contributed by atoms with E-state index in [4.69, 9.17) is 17.4 Å². The molecule has 1 aromatic rings. The zero-order valence-electron chi connectivity index (χ0n) is 12.8. The molecule has 0 amide bonds. The first-order chi connectivity index (χ1) is 11.3. The third-order valence-electron chi connectivity index (χ3n) is 3.75. The summed E-state index contributed by atoms with van der Waals surface area (Å²) in [6, 6.07) is 3.63. The van der Waals surface area contributed by atoms with Crippen LogP contribution < -0.4 is 21.3 Å². The SMILES string of the molecule is NS(=O)(=O)c1ccc(NNC(=S)NC2CCCCC2)c([N+](=O)[O-])c1. The molecule has 0 aromatic heterocycles. The van der Waals surface area contributed by atoms with Gasteiger partial charge in [-0.25, -0.2) is 13.6 Å². The predicted octanol–water partition coefficient (Wildman–Crippen LogP) is 1.37. The van der Waals surface area contributed by atoms with Crippen molar-refractivity contribution >= 4 is 38.7 Å². The minimum absolute atomic E-state index is 0.0835. The van der Waals surface area contributed by atoms with Crippen LogP contribution in [0, 0.1) is 10.1 Å². The molecule has 0 bridgehead atoms. The number of hydrogen-bond donors (Lipinski definition) is 4. The van der Waals surface area contributed by atoms with Gasteiger partial charge in [0, 0.05) is 12.1 Å². The van der Waals surface area contributed by atoms with Gasteiger partial charge < -0.3 is 5.32 Å². The highest BCUT2D eigenvalue weighted by atomic mass is 32.2. The molecule has 0 atom stereocenters. The Bertz CT molecular complexity index is 732. The summed E-state index contributed by atoms with van der Waals surface area (Å²) in [6.45, 7) is 0. The number of nitrogens with zero attached hydrogens (tertiary/aromatic N) is 1. The maximum absolute atomic E-state index is 11.3. The number of nitro groups is 1. The van der Waals surface area contributed by atoms with E-state index in [1.54, 1.807) is 0 Å². The van der Waals surface area contributed by atoms with Gasteiger partial charge in [0.25, 0.3) is 5.69 Å². The molecule has 1 aliphatic rings. The van der Waals surface area contributed by atoms with Crippen LogP contribution in [0.3, 0.4) is 0 Å². The van der Waals surface area contributed by atoms with Gasteiger partial charge in [0.2, 0.25) is 10.0 Å². The van der Waals surface area contributed by atoms with Gasteiger partial charge in [-0.1, -0.05) is 19.3 Å². The Balaban J connectivity index is 2.03. The average molecular weight is 373 g/mol. The second-order valence-electron chi connectivity index (χ2n) is 5.54. The van der Waals surface area contributed by atoms with E-state index in [2.05, 4.69) is 16.2 Å². The number of sulfonamides is 1. The van der Waals surface area contributed by atoms with Crippen LogP contribution in [0.2, 0.25) is 0 Å². The number of hydrazine groups is 1. The molecule has 1 saturated carbocycles. The van der Waals surface area contributed by atoms with E-state index >= 15 is 0 Å². The molecular formula is C13H19N5O4S2. The van der Waals surface area contributed by atoms with E-state index in [-0.39, 0.29) is 10.6 Å². The lowest BCUT2D eigenvalue weighted by Crippen LogP contribution is -2.44. The van der Waals surface area contributed by atoms with E-state index < -0.39 is 20.6 Å². The van der Waals surface area contributed by atoms with Crippen molar-refractivity contribution < 1.29 is 13.3 Å². The van der Waals surface area contributed by atoms with Crippen LogP contribution in [0.1, 0.15) is 32.1 Å². The normalized spacial score (nSPS) is 15.5. The van der Waals surface area contributed by atoms with E-state index in [0.717, 1.165) is 31.7 Å². The first-order valence-corrected chi connectivity index (χ1v) is 9.36. The van der Waals surface area contributed by atoms with Gasteiger partial charge in [0.15, 0.2) is 5.11 Å². The van der Waals surface area contributed by atoms with Crippen molar-refractivity contribution in [1.29, 1.82) is 0 Å². The van der Waals surface area contributed by atoms with Crippen molar-refractivity contribution in [3.05, 3.63) is 28.3 Å². The van der Waals surface area contributed by atoms with Gasteiger partial charge in [0.05, 0.1) is 9.82 Å². The molecule has 2 rings (SSSR count). The average Bonchev–Trinajstić information content (AvgIpc) is 2.52. The van der Waals surface area contributed by atoms with Crippen molar-refractivity contribution in [2.24, 2.45) is 5.14 Å². The number of anilines is 1. The smallest absolute Gasteiger partial charge is 0.295 e. The Hall–Kier alpha value is -1.98. The van der Waals surface area contributed by atoms with Gasteiger partial charge in [-0.05, 0) is 37.2 Å². The van der Waals surface area contributed by atoms with Crippen LogP contribution in [0.25, 0.3) is 0 Å². The Labute approximate surface area is 145 Å². The third-order valence-corrected chi connectivity index (χ3v) is 4.88. The topological polar surface area (TPSA) is 139 Å². The van der Waals surface area contributed by atoms with Gasteiger partial charge in [-0.15, -0.1) is 0 Å². The lowest BCUT2D eigenvalue weighted by Gasteiger charge is -2.24. The standard InChI is InChI=1S/C13H19N5O4S2/c14-24(21,22)10-6-7-11(12(8-10)18(19)20)16-17-13(23)15-9-4-2-1-3-5-9/h6-9,16H,1-5H2,(H2,14,21,22)(H2,15,17,23).